The summed E-state index contributed by atoms with van der Waals surface area (Å²) in [6, 6.07) is 11.2. The summed E-state index contributed by atoms with van der Waals surface area (Å²) >= 11 is 0. The molecule has 0 atom stereocenters. The molecule has 0 aliphatic carbocycles. The van der Waals surface area contributed by atoms with E-state index in [-0.39, 0.29) is 97.4 Å². The number of esters is 2. The van der Waals surface area contributed by atoms with Crippen LogP contribution in [0.4, 0.5) is 0 Å². The van der Waals surface area contributed by atoms with Crippen LogP contribution in [-0.2, 0) is 9.59 Å². The van der Waals surface area contributed by atoms with Crippen LogP contribution in [0.3, 0.4) is 0 Å². The summed E-state index contributed by atoms with van der Waals surface area (Å²) in [5.41, 5.74) is 0.0278. The molecule has 0 bridgehead atoms. The standard InChI is InChI=1S/C20H18O8.2Na.2H/c21-17(27-15-7-3-5-13(11-15)19(23)24)9-1-2-10-18(22)28-16-8-4-6-14(12-16)20(25)26;;;;/h3-8,11-12H,1-2,9-10H2,(H,23,24)(H,25,26);;;;/q;2*+1;2*-1. The molecule has 0 spiro atoms. The number of ether oxygens (including phenoxy) is 2. The van der Waals surface area contributed by atoms with Crippen LogP contribution >= 0.6 is 0 Å². The van der Waals surface area contributed by atoms with Gasteiger partial charge in [0.15, 0.2) is 0 Å². The summed E-state index contributed by atoms with van der Waals surface area (Å²) in [6.45, 7) is 0. The van der Waals surface area contributed by atoms with Crippen LogP contribution in [0.15, 0.2) is 48.5 Å². The number of carboxylic acid groups (broad SMARTS) is 2. The number of rotatable bonds is 9. The predicted octanol–water partition coefficient (Wildman–Crippen LogP) is -2.61. The Labute approximate surface area is 220 Å². The van der Waals surface area contributed by atoms with Crippen molar-refractivity contribution in [3.05, 3.63) is 59.7 Å². The molecule has 0 amide bonds. The Kier molecular flexibility index (Phi) is 13.5. The molecule has 0 heterocycles. The quantitative estimate of drug-likeness (QED) is 0.190. The smallest absolute Gasteiger partial charge is 1.00 e. The molecular formula is C20H20Na2O8. The molecule has 0 fully saturated rings. The first-order valence-electron chi connectivity index (χ1n) is 8.43. The molecule has 0 unspecified atom stereocenters. The van der Waals surface area contributed by atoms with Crippen LogP contribution in [0.25, 0.3) is 0 Å². The Hall–Kier alpha value is -1.68. The number of hydrogen-bond donors (Lipinski definition) is 2. The van der Waals surface area contributed by atoms with Gasteiger partial charge in [0.25, 0.3) is 0 Å². The second kappa shape index (κ2) is 14.3. The summed E-state index contributed by atoms with van der Waals surface area (Å²) in [7, 11) is 0. The van der Waals surface area contributed by atoms with E-state index in [1.807, 2.05) is 0 Å². The van der Waals surface area contributed by atoms with Crippen molar-refractivity contribution in [1.29, 1.82) is 0 Å². The number of carbonyl (C=O) groups excluding carboxylic acids is 2. The van der Waals surface area contributed by atoms with Crippen molar-refractivity contribution in [2.24, 2.45) is 0 Å². The molecule has 0 aliphatic rings. The van der Waals surface area contributed by atoms with Crippen molar-refractivity contribution < 1.29 is 101 Å². The summed E-state index contributed by atoms with van der Waals surface area (Å²) < 4.78 is 10.1. The first-order chi connectivity index (χ1) is 13.3. The molecule has 0 saturated heterocycles. The van der Waals surface area contributed by atoms with Gasteiger partial charge in [0.2, 0.25) is 0 Å². The van der Waals surface area contributed by atoms with Gasteiger partial charge >= 0.3 is 83.0 Å². The van der Waals surface area contributed by atoms with Gasteiger partial charge < -0.3 is 22.5 Å². The summed E-state index contributed by atoms with van der Waals surface area (Å²) in [4.78, 5) is 45.3. The van der Waals surface area contributed by atoms with Crippen LogP contribution in [-0.4, -0.2) is 34.1 Å². The fourth-order valence-electron chi connectivity index (χ4n) is 2.29. The molecule has 0 radical (unpaired) electrons. The third-order valence-electron chi connectivity index (χ3n) is 3.64. The maximum Gasteiger partial charge on any atom is 1.00 e. The SMILES string of the molecule is O=C(CCCCC(=O)Oc1cccc(C(=O)O)c1)Oc1cccc(C(=O)O)c1.[H-].[H-].[Na+].[Na+]. The first kappa shape index (κ1) is 28.3. The summed E-state index contributed by atoms with van der Waals surface area (Å²) in [5.74, 6) is -3.03. The van der Waals surface area contributed by atoms with E-state index in [0.717, 1.165) is 0 Å². The van der Waals surface area contributed by atoms with Crippen LogP contribution in [0.5, 0.6) is 11.5 Å². The Morgan fingerprint density at radius 3 is 1.40 bits per heavy atom. The van der Waals surface area contributed by atoms with Gasteiger partial charge in [0, 0.05) is 12.8 Å². The number of benzene rings is 2. The number of carbonyl (C=O) groups is 4. The topological polar surface area (TPSA) is 127 Å². The zero-order valence-corrected chi connectivity index (χ0v) is 20.8. The fraction of sp³-hybridized carbons (Fsp3) is 0.200. The predicted molar refractivity (Wildman–Crippen MR) is 98.8 cm³/mol. The van der Waals surface area contributed by atoms with Gasteiger partial charge in [0.1, 0.15) is 11.5 Å². The third kappa shape index (κ3) is 9.88. The molecule has 0 saturated carbocycles. The Morgan fingerprint density at radius 2 is 1.07 bits per heavy atom. The van der Waals surface area contributed by atoms with Crippen LogP contribution in [0.1, 0.15) is 49.3 Å². The minimum Gasteiger partial charge on any atom is -1.00 e. The molecule has 0 aliphatic heterocycles. The van der Waals surface area contributed by atoms with E-state index in [0.29, 0.717) is 12.8 Å². The van der Waals surface area contributed by atoms with E-state index >= 15 is 0 Å². The Balaban J connectivity index is -0.00000210. The van der Waals surface area contributed by atoms with Crippen molar-refractivity contribution in [1.82, 2.24) is 0 Å². The van der Waals surface area contributed by atoms with Crippen molar-refractivity contribution in [3.63, 3.8) is 0 Å². The zero-order valence-electron chi connectivity index (χ0n) is 18.8. The average Bonchev–Trinajstić information content (AvgIpc) is 2.65. The molecule has 2 aromatic carbocycles. The molecule has 0 aromatic heterocycles. The van der Waals surface area contributed by atoms with Gasteiger partial charge in [-0.05, 0) is 49.2 Å². The molecular weight excluding hydrogens is 414 g/mol. The second-order valence-electron chi connectivity index (χ2n) is 5.82. The van der Waals surface area contributed by atoms with E-state index in [1.54, 1.807) is 0 Å². The molecule has 30 heavy (non-hydrogen) atoms. The molecule has 2 rings (SSSR count). The summed E-state index contributed by atoms with van der Waals surface area (Å²) in [6.07, 6.45) is 0.863. The van der Waals surface area contributed by atoms with Gasteiger partial charge in [-0.2, -0.15) is 0 Å². The van der Waals surface area contributed by atoms with Gasteiger partial charge in [0.05, 0.1) is 11.1 Å². The normalized spacial score (nSPS) is 9.47. The van der Waals surface area contributed by atoms with E-state index in [4.69, 9.17) is 19.7 Å². The molecule has 2 N–H and O–H groups in total. The van der Waals surface area contributed by atoms with Gasteiger partial charge in [-0.25, -0.2) is 9.59 Å². The molecule has 150 valence electrons. The number of unbranched alkanes of at least 4 members (excludes halogenated alkanes) is 1. The monoisotopic (exact) mass is 434 g/mol. The number of hydrogen-bond acceptors (Lipinski definition) is 6. The largest absolute Gasteiger partial charge is 1.00 e. The first-order valence-corrected chi connectivity index (χ1v) is 8.43. The molecule has 2 aromatic rings. The fourth-order valence-corrected chi connectivity index (χ4v) is 2.29. The average molecular weight is 434 g/mol. The van der Waals surface area contributed by atoms with Crippen molar-refractivity contribution in [3.8, 4) is 11.5 Å². The second-order valence-corrected chi connectivity index (χ2v) is 5.82. The van der Waals surface area contributed by atoms with E-state index in [9.17, 15) is 19.2 Å². The van der Waals surface area contributed by atoms with E-state index in [1.165, 1.54) is 48.5 Å². The van der Waals surface area contributed by atoms with Crippen molar-refractivity contribution in [2.75, 3.05) is 0 Å². The maximum absolute atomic E-state index is 11.8. The minimum absolute atomic E-state index is 0. The zero-order chi connectivity index (χ0) is 20.5. The van der Waals surface area contributed by atoms with E-state index < -0.39 is 23.9 Å². The number of carboxylic acids is 2. The summed E-state index contributed by atoms with van der Waals surface area (Å²) in [5, 5.41) is 17.8. The number of aromatic carboxylic acids is 2. The van der Waals surface area contributed by atoms with Crippen molar-refractivity contribution >= 4 is 23.9 Å². The Morgan fingerprint density at radius 1 is 0.700 bits per heavy atom. The van der Waals surface area contributed by atoms with Crippen LogP contribution in [0.2, 0.25) is 0 Å². The minimum atomic E-state index is -1.12. The molecule has 10 heteroatoms. The maximum atomic E-state index is 11.8. The van der Waals surface area contributed by atoms with Crippen LogP contribution in [0, 0.1) is 0 Å². The van der Waals surface area contributed by atoms with Gasteiger partial charge in [-0.3, -0.25) is 9.59 Å². The Bertz CT molecular complexity index is 835. The van der Waals surface area contributed by atoms with Crippen LogP contribution < -0.4 is 68.6 Å². The van der Waals surface area contributed by atoms with E-state index in [2.05, 4.69) is 0 Å². The van der Waals surface area contributed by atoms with Crippen molar-refractivity contribution in [2.45, 2.75) is 25.7 Å². The van der Waals surface area contributed by atoms with Gasteiger partial charge in [-0.1, -0.05) is 12.1 Å². The third-order valence-corrected chi connectivity index (χ3v) is 3.64. The molecule has 8 nitrogen and oxygen atoms in total. The van der Waals surface area contributed by atoms with Gasteiger partial charge in [-0.15, -0.1) is 0 Å².